The predicted molar refractivity (Wildman–Crippen MR) is 30.8 cm³/mol. The summed E-state index contributed by atoms with van der Waals surface area (Å²) in [5, 5.41) is 3.19. The summed E-state index contributed by atoms with van der Waals surface area (Å²) in [6.45, 7) is 4.09. The van der Waals surface area contributed by atoms with Gasteiger partial charge in [-0.05, 0) is 6.92 Å². The zero-order valence-corrected chi connectivity index (χ0v) is 4.52. The molecule has 0 aromatic heterocycles. The molecule has 1 heterocycles. The lowest BCUT2D eigenvalue weighted by atomic mass is 10.3. The maximum atomic E-state index is 4.14. The van der Waals surface area contributed by atoms with Gasteiger partial charge in [-0.1, -0.05) is 0 Å². The van der Waals surface area contributed by atoms with Crippen molar-refractivity contribution in [1.82, 2.24) is 5.32 Å². The smallest absolute Gasteiger partial charge is 0.0592 e. The molecule has 40 valence electrons. The lowest BCUT2D eigenvalue weighted by Crippen LogP contribution is -2.29. The fraction of sp³-hybridized carbons (Fsp3) is 0.800. The summed E-state index contributed by atoms with van der Waals surface area (Å²) in [6, 6.07) is 0.494. The van der Waals surface area contributed by atoms with Gasteiger partial charge in [-0.3, -0.25) is 4.99 Å². The van der Waals surface area contributed by atoms with E-state index >= 15 is 0 Å². The zero-order chi connectivity index (χ0) is 5.11. The average Bonchev–Trinajstić information content (AvgIpc) is 1.69. The van der Waals surface area contributed by atoms with E-state index in [1.807, 2.05) is 6.21 Å². The first kappa shape index (κ1) is 4.78. The molecule has 1 aliphatic rings. The number of hydrogen-bond acceptors (Lipinski definition) is 2. The number of nitrogens with zero attached hydrogens (tertiary/aromatic N) is 1. The third kappa shape index (κ3) is 1.27. The van der Waals surface area contributed by atoms with Crippen LogP contribution in [0.3, 0.4) is 0 Å². The molecule has 7 heavy (non-hydrogen) atoms. The van der Waals surface area contributed by atoms with Crippen LogP contribution in [0.4, 0.5) is 0 Å². The van der Waals surface area contributed by atoms with Crippen LogP contribution in [0.25, 0.3) is 0 Å². The van der Waals surface area contributed by atoms with E-state index in [4.69, 9.17) is 0 Å². The molecule has 0 fully saturated rings. The molecule has 1 aliphatic heterocycles. The van der Waals surface area contributed by atoms with Crippen molar-refractivity contribution in [3.63, 3.8) is 0 Å². The highest BCUT2D eigenvalue weighted by molar-refractivity contribution is 5.60. The molecule has 0 saturated carbocycles. The molecule has 0 aromatic rings. The summed E-state index contributed by atoms with van der Waals surface area (Å²) in [4.78, 5) is 4.14. The van der Waals surface area contributed by atoms with Crippen LogP contribution in [0.1, 0.15) is 6.92 Å². The molecule has 2 heteroatoms. The molecular weight excluding hydrogens is 88.1 g/mol. The predicted octanol–water partition coefficient (Wildman–Crippen LogP) is 0.0489. The van der Waals surface area contributed by atoms with Crippen LogP contribution in [0.2, 0.25) is 0 Å². The van der Waals surface area contributed by atoms with Gasteiger partial charge in [0.1, 0.15) is 0 Å². The van der Waals surface area contributed by atoms with Gasteiger partial charge < -0.3 is 5.32 Å². The van der Waals surface area contributed by atoms with E-state index in [-0.39, 0.29) is 0 Å². The quantitative estimate of drug-likeness (QED) is 0.455. The molecule has 0 saturated heterocycles. The van der Waals surface area contributed by atoms with Crippen molar-refractivity contribution in [1.29, 1.82) is 0 Å². The van der Waals surface area contributed by atoms with Crippen molar-refractivity contribution in [3.05, 3.63) is 0 Å². The van der Waals surface area contributed by atoms with Crippen LogP contribution >= 0.6 is 0 Å². The van der Waals surface area contributed by atoms with E-state index in [2.05, 4.69) is 17.2 Å². The zero-order valence-electron chi connectivity index (χ0n) is 4.52. The number of nitrogens with one attached hydrogen (secondary N) is 1. The maximum absolute atomic E-state index is 4.14. The molecule has 0 bridgehead atoms. The van der Waals surface area contributed by atoms with Crippen molar-refractivity contribution >= 4 is 6.21 Å². The highest BCUT2D eigenvalue weighted by Crippen LogP contribution is 1.87. The SMILES string of the molecule is CC1CNCC=N1. The van der Waals surface area contributed by atoms with E-state index in [0.717, 1.165) is 13.1 Å². The monoisotopic (exact) mass is 98.1 g/mol. The molecule has 0 radical (unpaired) electrons. The van der Waals surface area contributed by atoms with Gasteiger partial charge in [0.05, 0.1) is 6.04 Å². The van der Waals surface area contributed by atoms with Crippen LogP contribution in [-0.4, -0.2) is 25.3 Å². The normalized spacial score (nSPS) is 30.7. The Hall–Kier alpha value is -0.370. The third-order valence-corrected chi connectivity index (χ3v) is 1.04. The molecule has 2 nitrogen and oxygen atoms in total. The summed E-state index contributed by atoms with van der Waals surface area (Å²) < 4.78 is 0. The van der Waals surface area contributed by atoms with Crippen LogP contribution in [0.15, 0.2) is 4.99 Å². The van der Waals surface area contributed by atoms with Gasteiger partial charge >= 0.3 is 0 Å². The van der Waals surface area contributed by atoms with E-state index in [1.165, 1.54) is 0 Å². The van der Waals surface area contributed by atoms with Crippen molar-refractivity contribution in [2.75, 3.05) is 13.1 Å². The minimum absolute atomic E-state index is 0.494. The summed E-state index contributed by atoms with van der Waals surface area (Å²) in [5.74, 6) is 0. The Balaban J connectivity index is 2.36. The van der Waals surface area contributed by atoms with E-state index in [9.17, 15) is 0 Å². The van der Waals surface area contributed by atoms with Crippen molar-refractivity contribution in [2.45, 2.75) is 13.0 Å². The maximum Gasteiger partial charge on any atom is 0.0592 e. The Morgan fingerprint density at radius 3 is 3.00 bits per heavy atom. The molecule has 1 N–H and O–H groups in total. The highest BCUT2D eigenvalue weighted by Gasteiger charge is 1.98. The minimum Gasteiger partial charge on any atom is -0.310 e. The fourth-order valence-corrected chi connectivity index (χ4v) is 0.642. The van der Waals surface area contributed by atoms with E-state index < -0.39 is 0 Å². The first-order valence-corrected chi connectivity index (χ1v) is 2.62. The van der Waals surface area contributed by atoms with Crippen LogP contribution in [0, 0.1) is 0 Å². The number of hydrogen-bond donors (Lipinski definition) is 1. The molecule has 1 atom stereocenters. The van der Waals surface area contributed by atoms with Gasteiger partial charge in [-0.15, -0.1) is 0 Å². The van der Waals surface area contributed by atoms with Crippen LogP contribution < -0.4 is 5.32 Å². The van der Waals surface area contributed by atoms with Gasteiger partial charge in [-0.25, -0.2) is 0 Å². The standard InChI is InChI=1S/C5H10N2/c1-5-4-6-2-3-7-5/h3,5-6H,2,4H2,1H3. The topological polar surface area (TPSA) is 24.4 Å². The Morgan fingerprint density at radius 1 is 1.86 bits per heavy atom. The summed E-state index contributed by atoms with van der Waals surface area (Å²) in [5.41, 5.74) is 0. The van der Waals surface area contributed by atoms with Crippen molar-refractivity contribution in [3.8, 4) is 0 Å². The molecule has 0 spiro atoms. The second-order valence-electron chi connectivity index (χ2n) is 1.84. The minimum atomic E-state index is 0.494. The largest absolute Gasteiger partial charge is 0.310 e. The average molecular weight is 98.1 g/mol. The Kier molecular flexibility index (Phi) is 1.42. The number of rotatable bonds is 0. The van der Waals surface area contributed by atoms with Crippen molar-refractivity contribution in [2.24, 2.45) is 4.99 Å². The highest BCUT2D eigenvalue weighted by atomic mass is 15.0. The third-order valence-electron chi connectivity index (χ3n) is 1.04. The molecule has 1 unspecified atom stereocenters. The molecular formula is C5H10N2. The Bertz CT molecular complexity index is 78.1. The van der Waals surface area contributed by atoms with E-state index in [1.54, 1.807) is 0 Å². The van der Waals surface area contributed by atoms with Gasteiger partial charge in [0.15, 0.2) is 0 Å². The van der Waals surface area contributed by atoms with Gasteiger partial charge in [0, 0.05) is 19.3 Å². The van der Waals surface area contributed by atoms with Crippen LogP contribution in [0.5, 0.6) is 0 Å². The molecule has 0 aliphatic carbocycles. The molecule has 1 rings (SSSR count). The molecule has 0 aromatic carbocycles. The lowest BCUT2D eigenvalue weighted by Gasteiger charge is -2.10. The Labute approximate surface area is 43.6 Å². The van der Waals surface area contributed by atoms with Crippen molar-refractivity contribution < 1.29 is 0 Å². The van der Waals surface area contributed by atoms with Gasteiger partial charge in [0.2, 0.25) is 0 Å². The summed E-state index contributed by atoms with van der Waals surface area (Å²) in [6.07, 6.45) is 1.92. The summed E-state index contributed by atoms with van der Waals surface area (Å²) >= 11 is 0. The number of aliphatic imine (C=N–C) groups is 1. The first-order valence-electron chi connectivity index (χ1n) is 2.62. The second kappa shape index (κ2) is 2.07. The van der Waals surface area contributed by atoms with Crippen LogP contribution in [-0.2, 0) is 0 Å². The Morgan fingerprint density at radius 2 is 2.71 bits per heavy atom. The summed E-state index contributed by atoms with van der Waals surface area (Å²) in [7, 11) is 0. The lowest BCUT2D eigenvalue weighted by molar-refractivity contribution is 0.629. The van der Waals surface area contributed by atoms with Gasteiger partial charge in [0.25, 0.3) is 0 Å². The fourth-order valence-electron chi connectivity index (χ4n) is 0.642. The molecule has 0 amide bonds. The van der Waals surface area contributed by atoms with E-state index in [0.29, 0.717) is 6.04 Å². The van der Waals surface area contributed by atoms with Gasteiger partial charge in [-0.2, -0.15) is 0 Å². The first-order chi connectivity index (χ1) is 3.39. The second-order valence-corrected chi connectivity index (χ2v) is 1.84.